The van der Waals surface area contributed by atoms with E-state index in [9.17, 15) is 19.5 Å². The third kappa shape index (κ3) is 3.24. The van der Waals surface area contributed by atoms with Crippen LogP contribution in [-0.4, -0.2) is 41.2 Å². The molecule has 5 nitrogen and oxygen atoms in total. The first-order valence-corrected chi connectivity index (χ1v) is 11.0. The molecule has 0 spiro atoms. The van der Waals surface area contributed by atoms with Gasteiger partial charge in [-0.15, -0.1) is 11.6 Å². The van der Waals surface area contributed by atoms with Crippen LogP contribution in [0.1, 0.15) is 51.9 Å². The summed E-state index contributed by atoms with van der Waals surface area (Å²) >= 11 is 5.45. The lowest BCUT2D eigenvalue weighted by Crippen LogP contribution is -2.54. The lowest BCUT2D eigenvalue weighted by atomic mass is 9.50. The number of Topliss-reactive ketones (excluding diaryl/α,β-unsaturated/α-hetero) is 1. The molecule has 0 saturated heterocycles. The molecule has 0 radical (unpaired) electrons. The van der Waals surface area contributed by atoms with E-state index >= 15 is 0 Å². The van der Waals surface area contributed by atoms with Crippen molar-refractivity contribution in [1.29, 1.82) is 0 Å². The van der Waals surface area contributed by atoms with Crippen molar-refractivity contribution in [3.8, 4) is 0 Å². The zero-order chi connectivity index (χ0) is 20.1. The topological polar surface area (TPSA) is 80.7 Å². The second-order valence-corrected chi connectivity index (χ2v) is 9.65. The largest absolute Gasteiger partial charge is 0.457 e. The highest BCUT2D eigenvalue weighted by Gasteiger charge is 2.60. The van der Waals surface area contributed by atoms with Crippen LogP contribution in [0.2, 0.25) is 0 Å². The van der Waals surface area contributed by atoms with Gasteiger partial charge in [0.05, 0.1) is 6.10 Å². The molecular weight excluding hydrogens is 380 g/mol. The van der Waals surface area contributed by atoms with Gasteiger partial charge in [0.2, 0.25) is 0 Å². The number of aliphatic hydroxyl groups excluding tert-OH is 1. The fourth-order valence-electron chi connectivity index (χ4n) is 7.08. The van der Waals surface area contributed by atoms with Crippen LogP contribution in [0.15, 0.2) is 11.6 Å². The highest BCUT2D eigenvalue weighted by Crippen LogP contribution is 2.63. The maximum atomic E-state index is 12.8. The minimum atomic E-state index is -0.572. The molecule has 4 rings (SSSR count). The van der Waals surface area contributed by atoms with E-state index in [4.69, 9.17) is 16.3 Å². The minimum absolute atomic E-state index is 0.0474. The van der Waals surface area contributed by atoms with Crippen molar-refractivity contribution < 1.29 is 24.2 Å². The molecule has 3 fully saturated rings. The first kappa shape index (κ1) is 20.1. The van der Waals surface area contributed by atoms with Crippen molar-refractivity contribution >= 4 is 29.1 Å². The molecule has 0 bridgehead atoms. The number of allylic oxidation sites excluding steroid dienone is 1. The molecule has 6 heteroatoms. The molecule has 28 heavy (non-hydrogen) atoms. The minimum Gasteiger partial charge on any atom is -0.457 e. The number of rotatable bonds is 4. The number of halogens is 1. The van der Waals surface area contributed by atoms with E-state index in [1.54, 1.807) is 0 Å². The number of esters is 1. The first-order valence-electron chi connectivity index (χ1n) is 10.5. The van der Waals surface area contributed by atoms with Crippen LogP contribution in [0.3, 0.4) is 0 Å². The number of carbonyl (C=O) groups is 3. The third-order valence-corrected chi connectivity index (χ3v) is 8.36. The fraction of sp³-hybridized carbons (Fsp3) is 0.773. The Morgan fingerprint density at radius 2 is 2.04 bits per heavy atom. The van der Waals surface area contributed by atoms with E-state index in [0.717, 1.165) is 32.1 Å². The summed E-state index contributed by atoms with van der Waals surface area (Å²) in [4.78, 5) is 35.9. The summed E-state index contributed by atoms with van der Waals surface area (Å²) in [6.45, 7) is 1.92. The van der Waals surface area contributed by atoms with Gasteiger partial charge in [0.15, 0.2) is 11.6 Å². The Morgan fingerprint density at radius 3 is 2.79 bits per heavy atom. The summed E-state index contributed by atoms with van der Waals surface area (Å²) < 4.78 is 4.98. The summed E-state index contributed by atoms with van der Waals surface area (Å²) in [5, 5.41) is 11.2. The van der Waals surface area contributed by atoms with Crippen molar-refractivity contribution in [3.05, 3.63) is 11.6 Å². The zero-order valence-electron chi connectivity index (χ0n) is 16.4. The molecule has 0 aromatic rings. The lowest BCUT2D eigenvalue weighted by Gasteiger charge is -2.55. The third-order valence-electron chi connectivity index (χ3n) is 8.14. The van der Waals surface area contributed by atoms with Crippen molar-refractivity contribution in [2.75, 3.05) is 12.5 Å². The van der Waals surface area contributed by atoms with E-state index in [1.807, 2.05) is 6.08 Å². The summed E-state index contributed by atoms with van der Waals surface area (Å²) in [5.74, 6) is 0.485. The predicted octanol–water partition coefficient (Wildman–Crippen LogP) is 3.07. The smallest absolute Gasteiger partial charge is 0.321 e. The van der Waals surface area contributed by atoms with Crippen molar-refractivity contribution in [3.63, 3.8) is 0 Å². The second kappa shape index (κ2) is 7.56. The Labute approximate surface area is 170 Å². The second-order valence-electron chi connectivity index (χ2n) is 9.38. The van der Waals surface area contributed by atoms with Gasteiger partial charge in [0.1, 0.15) is 12.5 Å². The number of aliphatic hydroxyl groups is 1. The number of carbonyl (C=O) groups excluding carboxylic acids is 3. The molecule has 0 heterocycles. The van der Waals surface area contributed by atoms with Crippen LogP contribution in [0.25, 0.3) is 0 Å². The van der Waals surface area contributed by atoms with Gasteiger partial charge in [0, 0.05) is 12.3 Å². The van der Waals surface area contributed by atoms with Gasteiger partial charge in [-0.2, -0.15) is 0 Å². The van der Waals surface area contributed by atoms with Gasteiger partial charge < -0.3 is 9.84 Å². The van der Waals surface area contributed by atoms with Crippen LogP contribution in [0, 0.1) is 35.0 Å². The van der Waals surface area contributed by atoms with Gasteiger partial charge in [-0.1, -0.05) is 12.5 Å². The van der Waals surface area contributed by atoms with Crippen LogP contribution in [-0.2, 0) is 19.1 Å². The van der Waals surface area contributed by atoms with Crippen LogP contribution in [0.5, 0.6) is 0 Å². The van der Waals surface area contributed by atoms with Crippen LogP contribution < -0.4 is 0 Å². The molecule has 7 unspecified atom stereocenters. The molecule has 0 aliphatic heterocycles. The normalized spacial score (nSPS) is 42.1. The van der Waals surface area contributed by atoms with Gasteiger partial charge in [-0.05, 0) is 73.7 Å². The average Bonchev–Trinajstić information content (AvgIpc) is 3.01. The fourth-order valence-corrected chi connectivity index (χ4v) is 7.16. The Morgan fingerprint density at radius 1 is 1.25 bits per heavy atom. The van der Waals surface area contributed by atoms with Gasteiger partial charge in [-0.25, -0.2) is 0 Å². The summed E-state index contributed by atoms with van der Waals surface area (Å²) in [6.07, 6.45) is 7.11. The molecule has 3 saturated carbocycles. The Balaban J connectivity index is 1.53. The quantitative estimate of drug-likeness (QED) is 0.571. The summed E-state index contributed by atoms with van der Waals surface area (Å²) in [7, 11) is 0. The molecular formula is C22H29ClO5. The van der Waals surface area contributed by atoms with E-state index < -0.39 is 12.1 Å². The molecule has 154 valence electrons. The number of fused-ring (bicyclic) bond motifs is 5. The standard InChI is InChI=1S/C22H29ClO5/c1-22-9-18(25)21-14-5-3-13(24)8-12(14)2-4-15(21)16(22)6-7-17(22)19(26)11-28-20(27)10-23/h8,14-18,21,25H,2-7,9-11H2,1H3. The molecule has 4 aliphatic carbocycles. The first-order chi connectivity index (χ1) is 13.3. The molecule has 1 N–H and O–H groups in total. The van der Waals surface area contributed by atoms with E-state index in [2.05, 4.69) is 6.92 Å². The van der Waals surface area contributed by atoms with Gasteiger partial charge in [0.25, 0.3) is 0 Å². The molecule has 0 amide bonds. The predicted molar refractivity (Wildman–Crippen MR) is 104 cm³/mol. The Kier molecular flexibility index (Phi) is 5.43. The lowest BCUT2D eigenvalue weighted by molar-refractivity contribution is -0.151. The van der Waals surface area contributed by atoms with E-state index in [0.29, 0.717) is 30.6 Å². The number of hydrogen-bond donors (Lipinski definition) is 1. The Bertz CT molecular complexity index is 716. The molecule has 0 aromatic heterocycles. The average molecular weight is 409 g/mol. The van der Waals surface area contributed by atoms with Gasteiger partial charge >= 0.3 is 5.97 Å². The zero-order valence-corrected chi connectivity index (χ0v) is 17.1. The van der Waals surface area contributed by atoms with Crippen molar-refractivity contribution in [2.24, 2.45) is 35.0 Å². The van der Waals surface area contributed by atoms with Crippen molar-refractivity contribution in [2.45, 2.75) is 58.0 Å². The van der Waals surface area contributed by atoms with E-state index in [-0.39, 0.29) is 41.3 Å². The highest BCUT2D eigenvalue weighted by molar-refractivity contribution is 6.26. The number of hydrogen-bond acceptors (Lipinski definition) is 5. The van der Waals surface area contributed by atoms with Gasteiger partial charge in [-0.3, -0.25) is 14.4 Å². The number of ketones is 2. The summed E-state index contributed by atoms with van der Waals surface area (Å²) in [6, 6.07) is 0. The SMILES string of the molecule is CC12CC(O)C3C4CCC(=O)C=C4CCC3C1CCC2C(=O)COC(=O)CCl. The number of alkyl halides is 1. The summed E-state index contributed by atoms with van der Waals surface area (Å²) in [5.41, 5.74) is 0.982. The maximum Gasteiger partial charge on any atom is 0.321 e. The molecule has 4 aliphatic rings. The highest BCUT2D eigenvalue weighted by atomic mass is 35.5. The maximum absolute atomic E-state index is 12.8. The Hall–Kier alpha value is -1.20. The monoisotopic (exact) mass is 408 g/mol. The van der Waals surface area contributed by atoms with Crippen LogP contribution >= 0.6 is 11.6 Å². The molecule has 0 aromatic carbocycles. The van der Waals surface area contributed by atoms with Crippen LogP contribution in [0.4, 0.5) is 0 Å². The number of ether oxygens (including phenoxy) is 1. The van der Waals surface area contributed by atoms with E-state index in [1.165, 1.54) is 5.57 Å². The molecule has 7 atom stereocenters. The van der Waals surface area contributed by atoms with Crippen molar-refractivity contribution in [1.82, 2.24) is 0 Å².